The first-order chi connectivity index (χ1) is 9.65. The normalized spacial score (nSPS) is 10.7. The number of rotatable bonds is 2. The second-order valence-corrected chi connectivity index (χ2v) is 5.74. The average molecular weight is 303 g/mol. The van der Waals surface area contributed by atoms with E-state index in [0.717, 1.165) is 15.9 Å². The summed E-state index contributed by atoms with van der Waals surface area (Å²) in [7, 11) is 0. The number of para-hydroxylation sites is 1. The SMILES string of the molecule is CC(=O)N(c1ccc(Cl)cc1)c1nc2ccccc2s1. The number of thiazole rings is 1. The average Bonchev–Trinajstić information content (AvgIpc) is 2.84. The van der Waals surface area contributed by atoms with Crippen LogP contribution in [0.4, 0.5) is 10.8 Å². The number of hydrogen-bond donors (Lipinski definition) is 0. The van der Waals surface area contributed by atoms with Crippen molar-refractivity contribution in [1.29, 1.82) is 0 Å². The maximum atomic E-state index is 12.0. The third kappa shape index (κ3) is 2.40. The molecule has 3 rings (SSSR count). The van der Waals surface area contributed by atoms with E-state index >= 15 is 0 Å². The molecule has 0 aliphatic carbocycles. The quantitative estimate of drug-likeness (QED) is 0.691. The van der Waals surface area contributed by atoms with Crippen LogP contribution in [0.25, 0.3) is 10.2 Å². The van der Waals surface area contributed by atoms with Gasteiger partial charge in [-0.3, -0.25) is 9.69 Å². The van der Waals surface area contributed by atoms with Crippen LogP contribution in [0.1, 0.15) is 6.92 Å². The van der Waals surface area contributed by atoms with Crippen LogP contribution in [0.3, 0.4) is 0 Å². The summed E-state index contributed by atoms with van der Waals surface area (Å²) in [6.07, 6.45) is 0. The minimum absolute atomic E-state index is 0.0774. The monoisotopic (exact) mass is 302 g/mol. The summed E-state index contributed by atoms with van der Waals surface area (Å²) in [5, 5.41) is 1.31. The lowest BCUT2D eigenvalue weighted by Crippen LogP contribution is -2.22. The molecule has 20 heavy (non-hydrogen) atoms. The van der Waals surface area contributed by atoms with Crippen LogP contribution in [0.15, 0.2) is 48.5 Å². The highest BCUT2D eigenvalue weighted by atomic mass is 35.5. The van der Waals surface area contributed by atoms with Crippen molar-refractivity contribution in [3.8, 4) is 0 Å². The molecular weight excluding hydrogens is 292 g/mol. The van der Waals surface area contributed by atoms with Crippen LogP contribution in [-0.4, -0.2) is 10.9 Å². The lowest BCUT2D eigenvalue weighted by molar-refractivity contribution is -0.115. The lowest BCUT2D eigenvalue weighted by atomic mass is 10.3. The van der Waals surface area contributed by atoms with Crippen molar-refractivity contribution in [2.45, 2.75) is 6.92 Å². The molecule has 1 amide bonds. The van der Waals surface area contributed by atoms with Gasteiger partial charge in [0.05, 0.1) is 15.9 Å². The molecule has 3 nitrogen and oxygen atoms in total. The molecule has 1 heterocycles. The van der Waals surface area contributed by atoms with E-state index in [4.69, 9.17) is 11.6 Å². The number of carbonyl (C=O) groups is 1. The fourth-order valence-corrected chi connectivity index (χ4v) is 3.13. The van der Waals surface area contributed by atoms with Crippen LogP contribution in [0.5, 0.6) is 0 Å². The maximum Gasteiger partial charge on any atom is 0.230 e. The van der Waals surface area contributed by atoms with Crippen LogP contribution in [0.2, 0.25) is 5.02 Å². The number of nitrogens with zero attached hydrogens (tertiary/aromatic N) is 2. The van der Waals surface area contributed by atoms with Gasteiger partial charge in [0, 0.05) is 11.9 Å². The number of halogens is 1. The van der Waals surface area contributed by atoms with E-state index in [1.807, 2.05) is 36.4 Å². The van der Waals surface area contributed by atoms with E-state index in [-0.39, 0.29) is 5.91 Å². The minimum atomic E-state index is -0.0774. The lowest BCUT2D eigenvalue weighted by Gasteiger charge is -2.17. The Bertz CT molecular complexity index is 734. The van der Waals surface area contributed by atoms with Crippen molar-refractivity contribution < 1.29 is 4.79 Å². The van der Waals surface area contributed by atoms with Crippen LogP contribution >= 0.6 is 22.9 Å². The number of carbonyl (C=O) groups excluding carboxylic acids is 1. The minimum Gasteiger partial charge on any atom is -0.274 e. The summed E-state index contributed by atoms with van der Waals surface area (Å²) >= 11 is 7.38. The number of fused-ring (bicyclic) bond motifs is 1. The van der Waals surface area contributed by atoms with Gasteiger partial charge in [0.1, 0.15) is 0 Å². The van der Waals surface area contributed by atoms with Gasteiger partial charge in [-0.15, -0.1) is 0 Å². The molecule has 0 fully saturated rings. The van der Waals surface area contributed by atoms with Crippen molar-refractivity contribution in [3.05, 3.63) is 53.6 Å². The Labute approximate surface area is 125 Å². The summed E-state index contributed by atoms with van der Waals surface area (Å²) in [5.74, 6) is -0.0774. The Morgan fingerprint density at radius 2 is 1.85 bits per heavy atom. The van der Waals surface area contributed by atoms with Crippen molar-refractivity contribution >= 4 is 49.9 Å². The van der Waals surface area contributed by atoms with Crippen LogP contribution in [0, 0.1) is 0 Å². The zero-order valence-corrected chi connectivity index (χ0v) is 12.3. The standard InChI is InChI=1S/C15H11ClN2OS/c1-10(19)18(12-8-6-11(16)7-9-12)15-17-13-4-2-3-5-14(13)20-15/h2-9H,1H3. The predicted octanol–water partition coefficient (Wildman–Crippen LogP) is 4.63. The highest BCUT2D eigenvalue weighted by molar-refractivity contribution is 7.22. The highest BCUT2D eigenvalue weighted by Gasteiger charge is 2.18. The Hall–Kier alpha value is -1.91. The first-order valence-corrected chi connectivity index (χ1v) is 7.26. The molecule has 0 unspecified atom stereocenters. The smallest absolute Gasteiger partial charge is 0.230 e. The van der Waals surface area contributed by atoms with Crippen molar-refractivity contribution in [3.63, 3.8) is 0 Å². The van der Waals surface area contributed by atoms with Crippen LogP contribution in [-0.2, 0) is 4.79 Å². The molecule has 1 aromatic heterocycles. The van der Waals surface area contributed by atoms with Gasteiger partial charge < -0.3 is 0 Å². The van der Waals surface area contributed by atoms with E-state index in [9.17, 15) is 4.79 Å². The number of anilines is 2. The summed E-state index contributed by atoms with van der Waals surface area (Å²) in [4.78, 5) is 18.1. The van der Waals surface area contributed by atoms with Gasteiger partial charge in [0.15, 0.2) is 5.13 Å². The second-order valence-electron chi connectivity index (χ2n) is 4.30. The molecule has 0 saturated heterocycles. The fraction of sp³-hybridized carbons (Fsp3) is 0.0667. The van der Waals surface area contributed by atoms with E-state index < -0.39 is 0 Å². The van der Waals surface area contributed by atoms with E-state index in [1.165, 1.54) is 18.3 Å². The first kappa shape index (κ1) is 13.1. The third-order valence-electron chi connectivity index (χ3n) is 2.87. The number of hydrogen-bond acceptors (Lipinski definition) is 3. The fourth-order valence-electron chi connectivity index (χ4n) is 1.97. The Morgan fingerprint density at radius 1 is 1.15 bits per heavy atom. The molecular formula is C15H11ClN2OS. The zero-order chi connectivity index (χ0) is 14.1. The number of aromatic nitrogens is 1. The maximum absolute atomic E-state index is 12.0. The van der Waals surface area contributed by atoms with Gasteiger partial charge in [-0.25, -0.2) is 4.98 Å². The molecule has 0 atom stereocenters. The molecule has 0 saturated carbocycles. The van der Waals surface area contributed by atoms with Gasteiger partial charge in [0.2, 0.25) is 5.91 Å². The predicted molar refractivity (Wildman–Crippen MR) is 83.9 cm³/mol. The Balaban J connectivity index is 2.10. The van der Waals surface area contributed by atoms with E-state index in [0.29, 0.717) is 10.2 Å². The van der Waals surface area contributed by atoms with Crippen molar-refractivity contribution in [2.75, 3.05) is 4.90 Å². The summed E-state index contributed by atoms with van der Waals surface area (Å²) in [6, 6.07) is 15.0. The van der Waals surface area contributed by atoms with Crippen molar-refractivity contribution in [2.24, 2.45) is 0 Å². The molecule has 2 aromatic carbocycles. The topological polar surface area (TPSA) is 33.2 Å². The Morgan fingerprint density at radius 3 is 2.50 bits per heavy atom. The van der Waals surface area contributed by atoms with Gasteiger partial charge >= 0.3 is 0 Å². The molecule has 0 aliphatic rings. The van der Waals surface area contributed by atoms with Gasteiger partial charge in [0.25, 0.3) is 0 Å². The number of benzene rings is 2. The largest absolute Gasteiger partial charge is 0.274 e. The molecule has 0 radical (unpaired) electrons. The zero-order valence-electron chi connectivity index (χ0n) is 10.7. The van der Waals surface area contributed by atoms with Crippen molar-refractivity contribution in [1.82, 2.24) is 4.98 Å². The molecule has 100 valence electrons. The second kappa shape index (κ2) is 5.23. The summed E-state index contributed by atoms with van der Waals surface area (Å²) < 4.78 is 1.06. The molecule has 0 aliphatic heterocycles. The molecule has 3 aromatic rings. The van der Waals surface area contributed by atoms with Gasteiger partial charge in [-0.1, -0.05) is 35.1 Å². The third-order valence-corrected chi connectivity index (χ3v) is 4.15. The van der Waals surface area contributed by atoms with Gasteiger partial charge in [-0.05, 0) is 36.4 Å². The van der Waals surface area contributed by atoms with Gasteiger partial charge in [-0.2, -0.15) is 0 Å². The first-order valence-electron chi connectivity index (χ1n) is 6.07. The molecule has 0 spiro atoms. The highest BCUT2D eigenvalue weighted by Crippen LogP contribution is 2.33. The van der Waals surface area contributed by atoms with Crippen LogP contribution < -0.4 is 4.90 Å². The molecule has 0 N–H and O–H groups in total. The summed E-state index contributed by atoms with van der Waals surface area (Å²) in [6.45, 7) is 1.53. The molecule has 0 bridgehead atoms. The number of amides is 1. The van der Waals surface area contributed by atoms with E-state index in [1.54, 1.807) is 17.0 Å². The Kier molecular flexibility index (Phi) is 3.42. The molecule has 5 heteroatoms. The summed E-state index contributed by atoms with van der Waals surface area (Å²) in [5.41, 5.74) is 1.66. The van der Waals surface area contributed by atoms with E-state index in [2.05, 4.69) is 4.98 Å².